The lowest BCUT2D eigenvalue weighted by Gasteiger charge is -2.43. The van der Waals surface area contributed by atoms with Crippen molar-refractivity contribution in [2.75, 3.05) is 26.7 Å². The average Bonchev–Trinajstić information content (AvgIpc) is 2.99. The number of nitrogens with two attached hydrogens (primary N) is 1. The molecule has 1 aliphatic heterocycles. The van der Waals surface area contributed by atoms with Gasteiger partial charge in [-0.25, -0.2) is 4.79 Å². The molecule has 0 fully saturated rings. The van der Waals surface area contributed by atoms with Crippen molar-refractivity contribution in [3.8, 4) is 0 Å². The standard InChI is InChI=1S/C33H35N3O6/c1-22-29(32(37)38)31(27-16-10-11-17-28(27)35(40)41)30(33(39)42-21-19-34)23(2)36(22,3)20-18-26(24-12-6-4-7-13-24)25-14-8-5-9-15-25/h4-17,26,31H,18-21,34H2,1-3H3. The number of benzene rings is 3. The summed E-state index contributed by atoms with van der Waals surface area (Å²) in [6.07, 6.45) is 0.612. The van der Waals surface area contributed by atoms with Crippen LogP contribution in [0.1, 0.15) is 48.8 Å². The van der Waals surface area contributed by atoms with Gasteiger partial charge < -0.3 is 20.4 Å². The number of hydrogen-bond acceptors (Lipinski definition) is 7. The molecule has 218 valence electrons. The molecule has 42 heavy (non-hydrogen) atoms. The molecule has 2 N–H and O–H groups in total. The van der Waals surface area contributed by atoms with Gasteiger partial charge in [0.25, 0.3) is 5.69 Å². The zero-order valence-corrected chi connectivity index (χ0v) is 24.0. The molecule has 0 radical (unpaired) electrons. The highest BCUT2D eigenvalue weighted by molar-refractivity contribution is 5.98. The minimum Gasteiger partial charge on any atom is -0.545 e. The van der Waals surface area contributed by atoms with E-state index in [4.69, 9.17) is 10.5 Å². The van der Waals surface area contributed by atoms with Crippen LogP contribution in [0.2, 0.25) is 0 Å². The fourth-order valence-corrected chi connectivity index (χ4v) is 5.93. The maximum atomic E-state index is 13.6. The summed E-state index contributed by atoms with van der Waals surface area (Å²) < 4.78 is 5.44. The Morgan fingerprint density at radius 3 is 1.95 bits per heavy atom. The molecule has 3 aromatic carbocycles. The Balaban J connectivity index is 1.89. The monoisotopic (exact) mass is 569 g/mol. The second kappa shape index (κ2) is 12.9. The third-order valence-electron chi connectivity index (χ3n) is 8.34. The number of carboxylic acids is 1. The molecule has 1 aliphatic rings. The molecule has 0 saturated heterocycles. The van der Waals surface area contributed by atoms with E-state index in [1.807, 2.05) is 43.4 Å². The van der Waals surface area contributed by atoms with Crippen LogP contribution in [0.25, 0.3) is 0 Å². The van der Waals surface area contributed by atoms with Crippen LogP contribution in [0.4, 0.5) is 5.69 Å². The van der Waals surface area contributed by atoms with Crippen LogP contribution in [0.5, 0.6) is 0 Å². The third-order valence-corrected chi connectivity index (χ3v) is 8.34. The Bertz CT molecular complexity index is 1490. The van der Waals surface area contributed by atoms with E-state index < -0.39 is 22.8 Å². The quantitative estimate of drug-likeness (QED) is 0.159. The Hall–Kier alpha value is -4.60. The van der Waals surface area contributed by atoms with E-state index in [1.165, 1.54) is 18.2 Å². The van der Waals surface area contributed by atoms with Crippen molar-refractivity contribution in [1.82, 2.24) is 0 Å². The number of quaternary nitrogens is 1. The second-order valence-electron chi connectivity index (χ2n) is 10.5. The Kier molecular flexibility index (Phi) is 9.35. The summed E-state index contributed by atoms with van der Waals surface area (Å²) in [5.74, 6) is -3.53. The van der Waals surface area contributed by atoms with E-state index in [1.54, 1.807) is 19.9 Å². The van der Waals surface area contributed by atoms with Crippen molar-refractivity contribution >= 4 is 17.6 Å². The minimum absolute atomic E-state index is 0.00364. The van der Waals surface area contributed by atoms with Gasteiger partial charge in [0.1, 0.15) is 23.6 Å². The highest BCUT2D eigenvalue weighted by Crippen LogP contribution is 2.48. The number of carboxylic acid groups (broad SMARTS) is 1. The molecule has 0 aliphatic carbocycles. The predicted molar refractivity (Wildman–Crippen MR) is 157 cm³/mol. The lowest BCUT2D eigenvalue weighted by Crippen LogP contribution is -2.49. The summed E-state index contributed by atoms with van der Waals surface area (Å²) >= 11 is 0. The molecule has 2 unspecified atom stereocenters. The van der Waals surface area contributed by atoms with Crippen molar-refractivity contribution in [2.45, 2.75) is 32.1 Å². The smallest absolute Gasteiger partial charge is 0.340 e. The number of hydrogen-bond donors (Lipinski definition) is 1. The fourth-order valence-electron chi connectivity index (χ4n) is 5.93. The Morgan fingerprint density at radius 2 is 1.43 bits per heavy atom. The number of aliphatic carboxylic acids is 1. The molecule has 0 saturated carbocycles. The Labute approximate surface area is 245 Å². The molecule has 4 rings (SSSR count). The number of carbonyl (C=O) groups excluding carboxylic acids is 2. The largest absolute Gasteiger partial charge is 0.545 e. The normalized spacial score (nSPS) is 18.7. The van der Waals surface area contributed by atoms with Crippen molar-refractivity contribution in [2.24, 2.45) is 5.73 Å². The van der Waals surface area contributed by atoms with Crippen LogP contribution in [0.15, 0.2) is 107 Å². The van der Waals surface area contributed by atoms with Gasteiger partial charge in [0.05, 0.1) is 30.4 Å². The Morgan fingerprint density at radius 1 is 0.905 bits per heavy atom. The van der Waals surface area contributed by atoms with Gasteiger partial charge in [-0.1, -0.05) is 78.9 Å². The number of carbonyl (C=O) groups is 2. The van der Waals surface area contributed by atoms with Gasteiger partial charge >= 0.3 is 5.97 Å². The van der Waals surface area contributed by atoms with Crippen LogP contribution >= 0.6 is 0 Å². The van der Waals surface area contributed by atoms with E-state index in [-0.39, 0.29) is 45.9 Å². The van der Waals surface area contributed by atoms with Gasteiger partial charge in [-0.05, 0) is 11.1 Å². The van der Waals surface area contributed by atoms with E-state index in [0.29, 0.717) is 24.4 Å². The summed E-state index contributed by atoms with van der Waals surface area (Å²) in [6.45, 7) is 3.86. The number of ether oxygens (including phenoxy) is 1. The highest BCUT2D eigenvalue weighted by Gasteiger charge is 2.47. The number of nitrogens with zero attached hydrogens (tertiary/aromatic N) is 2. The first kappa shape index (κ1) is 30.4. The van der Waals surface area contributed by atoms with E-state index >= 15 is 0 Å². The molecule has 1 heterocycles. The van der Waals surface area contributed by atoms with Crippen molar-refractivity contribution in [3.63, 3.8) is 0 Å². The number of esters is 1. The lowest BCUT2D eigenvalue weighted by molar-refractivity contribution is -0.836. The number of nitro groups is 1. The average molecular weight is 570 g/mol. The number of para-hydroxylation sites is 1. The first-order chi connectivity index (χ1) is 20.1. The molecular formula is C33H35N3O6. The topological polar surface area (TPSA) is 136 Å². The first-order valence-electron chi connectivity index (χ1n) is 13.8. The summed E-state index contributed by atoms with van der Waals surface area (Å²) in [6, 6.07) is 25.9. The maximum Gasteiger partial charge on any atom is 0.340 e. The molecular weight excluding hydrogens is 534 g/mol. The SMILES string of the molecule is CC1=C(C(=O)[O-])C(c2ccccc2[N+](=O)[O-])C(C(=O)OCCN)=C(C)[N+]1(C)CCC(c1ccccc1)c1ccccc1. The molecule has 2 atom stereocenters. The summed E-state index contributed by atoms with van der Waals surface area (Å²) in [4.78, 5) is 37.9. The lowest BCUT2D eigenvalue weighted by atomic mass is 9.78. The molecule has 0 aromatic heterocycles. The van der Waals surface area contributed by atoms with Gasteiger partial charge in [0.15, 0.2) is 0 Å². The van der Waals surface area contributed by atoms with E-state index in [9.17, 15) is 24.8 Å². The number of rotatable bonds is 11. The summed E-state index contributed by atoms with van der Waals surface area (Å²) in [5.41, 5.74) is 8.43. The molecule has 0 spiro atoms. The van der Waals surface area contributed by atoms with Crippen molar-refractivity contribution in [1.29, 1.82) is 0 Å². The second-order valence-corrected chi connectivity index (χ2v) is 10.5. The molecule has 9 heteroatoms. The van der Waals surface area contributed by atoms with Crippen LogP contribution in [0.3, 0.4) is 0 Å². The predicted octanol–water partition coefficient (Wildman–Crippen LogP) is 4.16. The molecule has 3 aromatic rings. The fraction of sp³-hybridized carbons (Fsp3) is 0.273. The summed E-state index contributed by atoms with van der Waals surface area (Å²) in [7, 11) is 1.85. The molecule has 9 nitrogen and oxygen atoms in total. The van der Waals surface area contributed by atoms with Crippen molar-refractivity contribution < 1.29 is 28.8 Å². The van der Waals surface area contributed by atoms with Crippen LogP contribution in [-0.2, 0) is 14.3 Å². The molecule has 0 amide bonds. The van der Waals surface area contributed by atoms with Crippen molar-refractivity contribution in [3.05, 3.63) is 134 Å². The highest BCUT2D eigenvalue weighted by atomic mass is 16.6. The number of allylic oxidation sites excluding steroid dienone is 2. The molecule has 0 bridgehead atoms. The van der Waals surface area contributed by atoms with Gasteiger partial charge in [-0.3, -0.25) is 14.6 Å². The van der Waals surface area contributed by atoms with Crippen LogP contribution in [-0.4, -0.2) is 48.1 Å². The zero-order chi connectivity index (χ0) is 30.4. The number of nitro benzene ring substituents is 1. The van der Waals surface area contributed by atoms with E-state index in [2.05, 4.69) is 24.3 Å². The first-order valence-corrected chi connectivity index (χ1v) is 13.8. The zero-order valence-electron chi connectivity index (χ0n) is 24.0. The van der Waals surface area contributed by atoms with Gasteiger partial charge in [0.2, 0.25) is 0 Å². The maximum absolute atomic E-state index is 13.6. The van der Waals surface area contributed by atoms with Crippen LogP contribution in [0, 0.1) is 10.1 Å². The summed E-state index contributed by atoms with van der Waals surface area (Å²) in [5, 5.41) is 24.8. The van der Waals surface area contributed by atoms with Crippen LogP contribution < -0.4 is 10.8 Å². The van der Waals surface area contributed by atoms with Gasteiger partial charge in [-0.15, -0.1) is 0 Å². The third kappa shape index (κ3) is 5.88. The van der Waals surface area contributed by atoms with E-state index in [0.717, 1.165) is 11.1 Å². The minimum atomic E-state index is -1.50. The van der Waals surface area contributed by atoms with Gasteiger partial charge in [-0.2, -0.15) is 0 Å². The van der Waals surface area contributed by atoms with Gasteiger partial charge in [0, 0.05) is 49.9 Å².